The van der Waals surface area contributed by atoms with Crippen molar-refractivity contribution in [2.24, 2.45) is 11.8 Å². The summed E-state index contributed by atoms with van der Waals surface area (Å²) in [6.45, 7) is 6.24. The van der Waals surface area contributed by atoms with Crippen LogP contribution in [-0.2, 0) is 14.3 Å². The summed E-state index contributed by atoms with van der Waals surface area (Å²) >= 11 is 0. The summed E-state index contributed by atoms with van der Waals surface area (Å²) in [5.41, 5.74) is 0. The van der Waals surface area contributed by atoms with E-state index in [4.69, 9.17) is 4.74 Å². The molecule has 0 spiro atoms. The van der Waals surface area contributed by atoms with Gasteiger partial charge in [0, 0.05) is 6.42 Å². The lowest BCUT2D eigenvalue weighted by Gasteiger charge is -2.27. The van der Waals surface area contributed by atoms with Crippen molar-refractivity contribution in [1.29, 1.82) is 0 Å². The molecule has 0 aromatic carbocycles. The van der Waals surface area contributed by atoms with Crippen molar-refractivity contribution in [2.75, 3.05) is 26.2 Å². The molecule has 0 aromatic rings. The first kappa shape index (κ1) is 18.2. The van der Waals surface area contributed by atoms with Crippen LogP contribution in [0.25, 0.3) is 0 Å². The van der Waals surface area contributed by atoms with Gasteiger partial charge < -0.3 is 15.4 Å². The summed E-state index contributed by atoms with van der Waals surface area (Å²) in [6.07, 6.45) is 2.84. The molecule has 1 saturated heterocycles. The maximum absolute atomic E-state index is 11.7. The van der Waals surface area contributed by atoms with E-state index < -0.39 is 0 Å². The normalized spacial score (nSPS) is 20.0. The highest BCUT2D eigenvalue weighted by Gasteiger charge is 2.22. The van der Waals surface area contributed by atoms with Gasteiger partial charge in [0.2, 0.25) is 5.91 Å². The number of carbonyl (C=O) groups excluding carboxylic acids is 2. The smallest absolute Gasteiger partial charge is 0.325 e. The summed E-state index contributed by atoms with van der Waals surface area (Å²) in [6, 6.07) is 0. The third kappa shape index (κ3) is 7.38. The highest BCUT2D eigenvalue weighted by molar-refractivity contribution is 5.85. The van der Waals surface area contributed by atoms with Crippen LogP contribution in [0.4, 0.5) is 0 Å². The lowest BCUT2D eigenvalue weighted by atomic mass is 9.85. The molecule has 1 fully saturated rings. The van der Waals surface area contributed by atoms with E-state index in [-0.39, 0.29) is 30.8 Å². The van der Waals surface area contributed by atoms with Crippen LogP contribution in [0, 0.1) is 11.8 Å². The lowest BCUT2D eigenvalue weighted by Crippen LogP contribution is -2.36. The van der Waals surface area contributed by atoms with Crippen LogP contribution in [0.15, 0.2) is 0 Å². The zero-order valence-corrected chi connectivity index (χ0v) is 12.6. The molecule has 0 aromatic heterocycles. The van der Waals surface area contributed by atoms with Crippen molar-refractivity contribution >= 4 is 24.3 Å². The van der Waals surface area contributed by atoms with Crippen molar-refractivity contribution in [3.8, 4) is 0 Å². The molecule has 6 heteroatoms. The number of nitrogens with one attached hydrogen (secondary N) is 2. The largest absolute Gasteiger partial charge is 0.465 e. The van der Waals surface area contributed by atoms with Gasteiger partial charge in [0.15, 0.2) is 0 Å². The predicted octanol–water partition coefficient (Wildman–Crippen LogP) is 1.11. The number of ether oxygens (including phenoxy) is 1. The Kier molecular flexibility index (Phi) is 9.61. The van der Waals surface area contributed by atoms with Crippen LogP contribution in [0.5, 0.6) is 0 Å². The van der Waals surface area contributed by atoms with E-state index >= 15 is 0 Å². The van der Waals surface area contributed by atoms with Crippen LogP contribution in [-0.4, -0.2) is 38.1 Å². The lowest BCUT2D eigenvalue weighted by molar-refractivity contribution is -0.143. The van der Waals surface area contributed by atoms with E-state index in [1.807, 2.05) is 0 Å². The van der Waals surface area contributed by atoms with Crippen molar-refractivity contribution in [3.05, 3.63) is 0 Å². The Morgan fingerprint density at radius 1 is 1.47 bits per heavy atom. The molecular weight excluding hydrogens is 268 g/mol. The Balaban J connectivity index is 0.00000324. The molecule has 0 saturated carbocycles. The second-order valence-corrected chi connectivity index (χ2v) is 4.87. The zero-order valence-electron chi connectivity index (χ0n) is 11.7. The Labute approximate surface area is 121 Å². The first-order chi connectivity index (χ1) is 8.63. The summed E-state index contributed by atoms with van der Waals surface area (Å²) < 4.78 is 4.75. The third-order valence-corrected chi connectivity index (χ3v) is 3.38. The van der Waals surface area contributed by atoms with Crippen LogP contribution < -0.4 is 10.6 Å². The maximum atomic E-state index is 11.7. The second-order valence-electron chi connectivity index (χ2n) is 4.87. The van der Waals surface area contributed by atoms with Gasteiger partial charge >= 0.3 is 5.97 Å². The van der Waals surface area contributed by atoms with Gasteiger partial charge in [0.1, 0.15) is 6.54 Å². The average Bonchev–Trinajstić information content (AvgIpc) is 2.38. The fourth-order valence-corrected chi connectivity index (χ4v) is 2.28. The predicted molar refractivity (Wildman–Crippen MR) is 76.3 cm³/mol. The Bertz CT molecular complexity index is 281. The molecule has 1 rings (SSSR count). The van der Waals surface area contributed by atoms with Crippen molar-refractivity contribution in [1.82, 2.24) is 10.6 Å². The first-order valence-electron chi connectivity index (χ1n) is 6.76. The van der Waals surface area contributed by atoms with E-state index in [2.05, 4.69) is 17.6 Å². The standard InChI is InChI=1S/C13H24N2O3.ClH/c1-3-18-13(17)9-15-12(16)7-10(2)11-5-4-6-14-8-11;/h10-11,14H,3-9H2,1-2H3,(H,15,16);1H. The molecule has 1 amide bonds. The topological polar surface area (TPSA) is 67.4 Å². The fourth-order valence-electron chi connectivity index (χ4n) is 2.28. The molecule has 112 valence electrons. The third-order valence-electron chi connectivity index (χ3n) is 3.38. The highest BCUT2D eigenvalue weighted by Crippen LogP contribution is 2.22. The van der Waals surface area contributed by atoms with Gasteiger partial charge in [-0.2, -0.15) is 0 Å². The summed E-state index contributed by atoms with van der Waals surface area (Å²) in [7, 11) is 0. The van der Waals surface area contributed by atoms with Gasteiger partial charge in [-0.1, -0.05) is 6.92 Å². The number of rotatable bonds is 6. The Morgan fingerprint density at radius 2 is 2.21 bits per heavy atom. The van der Waals surface area contributed by atoms with Crippen LogP contribution >= 0.6 is 12.4 Å². The summed E-state index contributed by atoms with van der Waals surface area (Å²) in [5.74, 6) is 0.464. The van der Waals surface area contributed by atoms with Gasteiger partial charge in [-0.05, 0) is 44.7 Å². The molecule has 2 N–H and O–H groups in total. The van der Waals surface area contributed by atoms with Gasteiger partial charge in [-0.3, -0.25) is 9.59 Å². The molecule has 1 heterocycles. The number of esters is 1. The van der Waals surface area contributed by atoms with Crippen molar-refractivity contribution in [2.45, 2.75) is 33.1 Å². The second kappa shape index (κ2) is 10.0. The van der Waals surface area contributed by atoms with Gasteiger partial charge in [-0.15, -0.1) is 12.4 Å². The molecule has 5 nitrogen and oxygen atoms in total. The monoisotopic (exact) mass is 292 g/mol. The highest BCUT2D eigenvalue weighted by atomic mass is 35.5. The number of piperidine rings is 1. The Morgan fingerprint density at radius 3 is 2.79 bits per heavy atom. The quantitative estimate of drug-likeness (QED) is 0.720. The molecule has 1 aliphatic heterocycles. The van der Waals surface area contributed by atoms with E-state index in [0.29, 0.717) is 24.9 Å². The number of halogens is 1. The molecule has 2 unspecified atom stereocenters. The molecule has 0 bridgehead atoms. The van der Waals surface area contributed by atoms with Gasteiger partial charge in [0.05, 0.1) is 6.61 Å². The Hall–Kier alpha value is -0.810. The number of hydrogen-bond donors (Lipinski definition) is 2. The molecule has 19 heavy (non-hydrogen) atoms. The minimum absolute atomic E-state index is 0. The molecule has 0 aliphatic carbocycles. The van der Waals surface area contributed by atoms with Gasteiger partial charge in [0.25, 0.3) is 0 Å². The minimum Gasteiger partial charge on any atom is -0.465 e. The molecule has 1 aliphatic rings. The number of hydrogen-bond acceptors (Lipinski definition) is 4. The molecular formula is C13H25ClN2O3. The minimum atomic E-state index is -0.377. The first-order valence-corrected chi connectivity index (χ1v) is 6.76. The van der Waals surface area contributed by atoms with E-state index in [0.717, 1.165) is 13.1 Å². The molecule has 2 atom stereocenters. The molecule has 0 radical (unpaired) electrons. The van der Waals surface area contributed by atoms with Crippen LogP contribution in [0.1, 0.15) is 33.1 Å². The SMILES string of the molecule is CCOC(=O)CNC(=O)CC(C)C1CCCNC1.Cl. The van der Waals surface area contributed by atoms with Gasteiger partial charge in [-0.25, -0.2) is 0 Å². The van der Waals surface area contributed by atoms with E-state index in [1.54, 1.807) is 6.92 Å². The summed E-state index contributed by atoms with van der Waals surface area (Å²) in [5, 5.41) is 5.95. The fraction of sp³-hybridized carbons (Fsp3) is 0.846. The average molecular weight is 293 g/mol. The van der Waals surface area contributed by atoms with Crippen LogP contribution in [0.3, 0.4) is 0 Å². The van der Waals surface area contributed by atoms with E-state index in [9.17, 15) is 9.59 Å². The van der Waals surface area contributed by atoms with Crippen LogP contribution in [0.2, 0.25) is 0 Å². The van der Waals surface area contributed by atoms with Crippen molar-refractivity contribution < 1.29 is 14.3 Å². The summed E-state index contributed by atoms with van der Waals surface area (Å²) in [4.78, 5) is 22.8. The van der Waals surface area contributed by atoms with E-state index in [1.165, 1.54) is 12.8 Å². The number of amides is 1. The van der Waals surface area contributed by atoms with Crippen molar-refractivity contribution in [3.63, 3.8) is 0 Å². The zero-order chi connectivity index (χ0) is 13.4. The number of carbonyl (C=O) groups is 2. The maximum Gasteiger partial charge on any atom is 0.325 e.